The Morgan fingerprint density at radius 2 is 0.893 bits per heavy atom. The zero-order valence-corrected chi connectivity index (χ0v) is 17.1. The van der Waals surface area contributed by atoms with Crippen LogP contribution in [-0.4, -0.2) is 0 Å². The van der Waals surface area contributed by atoms with E-state index < -0.39 is 0 Å². The third kappa shape index (κ3) is 3.27. The van der Waals surface area contributed by atoms with Crippen molar-refractivity contribution in [3.8, 4) is 33.4 Å². The van der Waals surface area contributed by atoms with Crippen molar-refractivity contribution >= 4 is 0 Å². The maximum Gasteiger partial charge on any atom is -0.0146 e. The summed E-state index contributed by atoms with van der Waals surface area (Å²) in [6, 6.07) is 30.8. The molecule has 0 N–H and O–H groups in total. The molecule has 4 rings (SSSR count). The molecule has 28 heavy (non-hydrogen) atoms. The van der Waals surface area contributed by atoms with Crippen molar-refractivity contribution in [3.63, 3.8) is 0 Å². The summed E-state index contributed by atoms with van der Waals surface area (Å²) in [4.78, 5) is 0. The molecule has 138 valence electrons. The summed E-state index contributed by atoms with van der Waals surface area (Å²) < 4.78 is 0. The normalized spacial score (nSPS) is 10.9. The standard InChI is InChI=1S/C28H26/c1-19-10-5-7-12-24(19)27-15-9-14-26(22(27)4)23-17-16-21(3)28(18-23)25-13-8-6-11-20(25)2/h5-18H,1-4H3. The molecule has 0 nitrogen and oxygen atoms in total. The van der Waals surface area contributed by atoms with Gasteiger partial charge in [-0.2, -0.15) is 0 Å². The van der Waals surface area contributed by atoms with Gasteiger partial charge in [0, 0.05) is 0 Å². The van der Waals surface area contributed by atoms with Crippen LogP contribution in [0.25, 0.3) is 33.4 Å². The first-order chi connectivity index (χ1) is 13.6. The van der Waals surface area contributed by atoms with Gasteiger partial charge in [-0.3, -0.25) is 0 Å². The van der Waals surface area contributed by atoms with Gasteiger partial charge in [0.15, 0.2) is 0 Å². The summed E-state index contributed by atoms with van der Waals surface area (Å²) in [6.45, 7) is 8.81. The predicted octanol–water partition coefficient (Wildman–Crippen LogP) is 7.92. The highest BCUT2D eigenvalue weighted by molar-refractivity contribution is 5.82. The van der Waals surface area contributed by atoms with Crippen LogP contribution in [0, 0.1) is 27.7 Å². The lowest BCUT2D eigenvalue weighted by Gasteiger charge is -2.16. The Hall–Kier alpha value is -3.12. The smallest absolute Gasteiger partial charge is 0.0146 e. The molecule has 4 aromatic carbocycles. The van der Waals surface area contributed by atoms with Gasteiger partial charge in [0.05, 0.1) is 0 Å². The number of hydrogen-bond donors (Lipinski definition) is 0. The van der Waals surface area contributed by atoms with Gasteiger partial charge in [0.25, 0.3) is 0 Å². The quantitative estimate of drug-likeness (QED) is 0.347. The van der Waals surface area contributed by atoms with E-state index in [0.717, 1.165) is 0 Å². The molecule has 0 bridgehead atoms. The lowest BCUT2D eigenvalue weighted by atomic mass is 9.88. The maximum absolute atomic E-state index is 2.35. The monoisotopic (exact) mass is 362 g/mol. The highest BCUT2D eigenvalue weighted by atomic mass is 14.2. The minimum Gasteiger partial charge on any atom is -0.0620 e. The molecular formula is C28H26. The second-order valence-corrected chi connectivity index (χ2v) is 7.64. The molecule has 0 heteroatoms. The molecule has 0 atom stereocenters. The summed E-state index contributed by atoms with van der Waals surface area (Å²) in [5.74, 6) is 0. The maximum atomic E-state index is 2.35. The van der Waals surface area contributed by atoms with Crippen molar-refractivity contribution in [2.45, 2.75) is 27.7 Å². The molecular weight excluding hydrogens is 336 g/mol. The molecule has 0 aliphatic carbocycles. The average molecular weight is 363 g/mol. The van der Waals surface area contributed by atoms with Crippen molar-refractivity contribution in [2.24, 2.45) is 0 Å². The predicted molar refractivity (Wildman–Crippen MR) is 122 cm³/mol. The Morgan fingerprint density at radius 1 is 0.393 bits per heavy atom. The van der Waals surface area contributed by atoms with Gasteiger partial charge < -0.3 is 0 Å². The van der Waals surface area contributed by atoms with E-state index in [0.29, 0.717) is 0 Å². The number of aryl methyl sites for hydroxylation is 3. The van der Waals surface area contributed by atoms with Gasteiger partial charge in [-0.1, -0.05) is 78.9 Å². The fraction of sp³-hybridized carbons (Fsp3) is 0.143. The molecule has 0 saturated heterocycles. The van der Waals surface area contributed by atoms with Crippen LogP contribution in [0.1, 0.15) is 22.3 Å². The van der Waals surface area contributed by atoms with E-state index in [1.54, 1.807) is 0 Å². The molecule has 0 heterocycles. The first-order valence-corrected chi connectivity index (χ1v) is 9.89. The van der Waals surface area contributed by atoms with E-state index in [1.165, 1.54) is 55.6 Å². The molecule has 0 fully saturated rings. The lowest BCUT2D eigenvalue weighted by Crippen LogP contribution is -1.92. The Bertz CT molecular complexity index is 1150. The Morgan fingerprint density at radius 3 is 1.54 bits per heavy atom. The molecule has 0 aliphatic heterocycles. The van der Waals surface area contributed by atoms with Crippen LogP contribution >= 0.6 is 0 Å². The van der Waals surface area contributed by atoms with Crippen LogP contribution in [-0.2, 0) is 0 Å². The van der Waals surface area contributed by atoms with Crippen molar-refractivity contribution in [2.75, 3.05) is 0 Å². The van der Waals surface area contributed by atoms with Gasteiger partial charge in [0.2, 0.25) is 0 Å². The second-order valence-electron chi connectivity index (χ2n) is 7.64. The van der Waals surface area contributed by atoms with Gasteiger partial charge in [0.1, 0.15) is 0 Å². The van der Waals surface area contributed by atoms with E-state index >= 15 is 0 Å². The number of benzene rings is 4. The molecule has 0 spiro atoms. The van der Waals surface area contributed by atoms with Crippen LogP contribution in [0.4, 0.5) is 0 Å². The molecule has 0 aliphatic rings. The van der Waals surface area contributed by atoms with Crippen molar-refractivity contribution in [1.29, 1.82) is 0 Å². The minimum atomic E-state index is 1.27. The van der Waals surface area contributed by atoms with Crippen LogP contribution in [0.2, 0.25) is 0 Å². The third-order valence-corrected chi connectivity index (χ3v) is 5.75. The number of rotatable bonds is 3. The highest BCUT2D eigenvalue weighted by Crippen LogP contribution is 2.36. The van der Waals surface area contributed by atoms with Gasteiger partial charge in [-0.05, 0) is 89.4 Å². The molecule has 0 radical (unpaired) electrons. The van der Waals surface area contributed by atoms with E-state index in [9.17, 15) is 0 Å². The summed E-state index contributed by atoms with van der Waals surface area (Å²) >= 11 is 0. The van der Waals surface area contributed by atoms with Crippen molar-refractivity contribution in [3.05, 3.63) is 107 Å². The Kier molecular flexibility index (Phi) is 4.88. The largest absolute Gasteiger partial charge is 0.0620 e. The molecule has 0 unspecified atom stereocenters. The Balaban J connectivity index is 1.87. The van der Waals surface area contributed by atoms with Crippen LogP contribution in [0.15, 0.2) is 84.9 Å². The second kappa shape index (κ2) is 7.48. The van der Waals surface area contributed by atoms with E-state index in [4.69, 9.17) is 0 Å². The molecule has 0 amide bonds. The van der Waals surface area contributed by atoms with Crippen LogP contribution < -0.4 is 0 Å². The lowest BCUT2D eigenvalue weighted by molar-refractivity contribution is 1.38. The summed E-state index contributed by atoms with van der Waals surface area (Å²) in [5.41, 5.74) is 13.1. The van der Waals surface area contributed by atoms with Gasteiger partial charge in [-0.15, -0.1) is 0 Å². The first kappa shape index (κ1) is 18.3. The third-order valence-electron chi connectivity index (χ3n) is 5.75. The van der Waals surface area contributed by atoms with Crippen molar-refractivity contribution in [1.82, 2.24) is 0 Å². The summed E-state index contributed by atoms with van der Waals surface area (Å²) in [7, 11) is 0. The SMILES string of the molecule is Cc1ccccc1-c1cc(-c2cccc(-c3ccccc3C)c2C)ccc1C. The molecule has 0 aromatic heterocycles. The van der Waals surface area contributed by atoms with Crippen LogP contribution in [0.5, 0.6) is 0 Å². The van der Waals surface area contributed by atoms with Gasteiger partial charge >= 0.3 is 0 Å². The Labute approximate surface area is 168 Å². The fourth-order valence-corrected chi connectivity index (χ4v) is 4.07. The minimum absolute atomic E-state index is 1.27. The van der Waals surface area contributed by atoms with E-state index in [-0.39, 0.29) is 0 Å². The first-order valence-electron chi connectivity index (χ1n) is 9.89. The van der Waals surface area contributed by atoms with E-state index in [1.807, 2.05) is 0 Å². The fourth-order valence-electron chi connectivity index (χ4n) is 4.07. The highest BCUT2D eigenvalue weighted by Gasteiger charge is 2.12. The molecule has 0 saturated carbocycles. The van der Waals surface area contributed by atoms with E-state index in [2.05, 4.69) is 113 Å². The zero-order chi connectivity index (χ0) is 19.7. The van der Waals surface area contributed by atoms with Crippen molar-refractivity contribution < 1.29 is 0 Å². The zero-order valence-electron chi connectivity index (χ0n) is 17.1. The summed E-state index contributed by atoms with van der Waals surface area (Å²) in [6.07, 6.45) is 0. The topological polar surface area (TPSA) is 0 Å². The summed E-state index contributed by atoms with van der Waals surface area (Å²) in [5, 5.41) is 0. The van der Waals surface area contributed by atoms with Gasteiger partial charge in [-0.25, -0.2) is 0 Å². The number of hydrogen-bond acceptors (Lipinski definition) is 0. The van der Waals surface area contributed by atoms with Crippen LogP contribution in [0.3, 0.4) is 0 Å². The molecule has 4 aromatic rings. The average Bonchev–Trinajstić information content (AvgIpc) is 2.70.